The molecule has 1 aliphatic rings. The fourth-order valence-corrected chi connectivity index (χ4v) is 2.09. The van der Waals surface area contributed by atoms with E-state index in [0.29, 0.717) is 6.42 Å². The van der Waals surface area contributed by atoms with Crippen molar-refractivity contribution in [1.82, 2.24) is 0 Å². The SMILES string of the molecule is Cc1ccc(C=CC(=O)O)cc1N1CCCC1=O. The van der Waals surface area contributed by atoms with Crippen molar-refractivity contribution < 1.29 is 14.7 Å². The molecule has 0 spiro atoms. The van der Waals surface area contributed by atoms with Gasteiger partial charge in [-0.25, -0.2) is 4.79 Å². The van der Waals surface area contributed by atoms with Crippen LogP contribution in [0.3, 0.4) is 0 Å². The lowest BCUT2D eigenvalue weighted by Crippen LogP contribution is -2.24. The predicted molar refractivity (Wildman–Crippen MR) is 69.4 cm³/mol. The molecule has 4 heteroatoms. The Morgan fingerprint density at radius 1 is 1.44 bits per heavy atom. The number of carbonyl (C=O) groups is 2. The smallest absolute Gasteiger partial charge is 0.328 e. The third-order valence-electron chi connectivity index (χ3n) is 3.02. The number of anilines is 1. The maximum atomic E-state index is 11.7. The molecule has 0 saturated carbocycles. The van der Waals surface area contributed by atoms with Gasteiger partial charge in [0.25, 0.3) is 0 Å². The van der Waals surface area contributed by atoms with Crippen molar-refractivity contribution in [1.29, 1.82) is 0 Å². The Kier molecular flexibility index (Phi) is 3.46. The molecule has 1 N–H and O–H groups in total. The zero-order valence-corrected chi connectivity index (χ0v) is 10.2. The van der Waals surface area contributed by atoms with Gasteiger partial charge in [-0.1, -0.05) is 12.1 Å². The lowest BCUT2D eigenvalue weighted by Gasteiger charge is -2.18. The molecule has 1 fully saturated rings. The summed E-state index contributed by atoms with van der Waals surface area (Å²) in [5.41, 5.74) is 2.69. The number of rotatable bonds is 3. The van der Waals surface area contributed by atoms with E-state index in [1.165, 1.54) is 6.08 Å². The van der Waals surface area contributed by atoms with Gasteiger partial charge in [-0.15, -0.1) is 0 Å². The van der Waals surface area contributed by atoms with Gasteiger partial charge in [0, 0.05) is 24.7 Å². The zero-order valence-electron chi connectivity index (χ0n) is 10.2. The summed E-state index contributed by atoms with van der Waals surface area (Å²) in [6, 6.07) is 5.61. The third kappa shape index (κ3) is 2.59. The number of benzene rings is 1. The van der Waals surface area contributed by atoms with Gasteiger partial charge in [-0.2, -0.15) is 0 Å². The van der Waals surface area contributed by atoms with E-state index in [-0.39, 0.29) is 5.91 Å². The molecule has 0 aliphatic carbocycles. The Morgan fingerprint density at radius 2 is 2.22 bits per heavy atom. The highest BCUT2D eigenvalue weighted by Gasteiger charge is 2.22. The number of carboxylic acid groups (broad SMARTS) is 1. The van der Waals surface area contributed by atoms with Crippen LogP contribution in [-0.4, -0.2) is 23.5 Å². The number of carbonyl (C=O) groups excluding carboxylic acids is 1. The van der Waals surface area contributed by atoms with Crippen LogP contribution in [0.1, 0.15) is 24.0 Å². The van der Waals surface area contributed by atoms with Crippen LogP contribution >= 0.6 is 0 Å². The number of aryl methyl sites for hydroxylation is 1. The van der Waals surface area contributed by atoms with E-state index in [9.17, 15) is 9.59 Å². The van der Waals surface area contributed by atoms with E-state index >= 15 is 0 Å². The predicted octanol–water partition coefficient (Wildman–Crippen LogP) is 2.22. The highest BCUT2D eigenvalue weighted by Crippen LogP contribution is 2.26. The second kappa shape index (κ2) is 5.04. The van der Waals surface area contributed by atoms with E-state index < -0.39 is 5.97 Å². The average Bonchev–Trinajstić information content (AvgIpc) is 2.74. The summed E-state index contributed by atoms with van der Waals surface area (Å²) in [6.45, 7) is 2.69. The molecule has 2 rings (SSSR count). The number of hydrogen-bond acceptors (Lipinski definition) is 2. The van der Waals surface area contributed by atoms with E-state index in [2.05, 4.69) is 0 Å². The summed E-state index contributed by atoms with van der Waals surface area (Å²) < 4.78 is 0. The van der Waals surface area contributed by atoms with Gasteiger partial charge in [-0.05, 0) is 36.6 Å². The molecule has 1 heterocycles. The first-order valence-corrected chi connectivity index (χ1v) is 5.90. The second-order valence-electron chi connectivity index (χ2n) is 4.37. The van der Waals surface area contributed by atoms with Crippen molar-refractivity contribution >= 4 is 23.6 Å². The first kappa shape index (κ1) is 12.4. The van der Waals surface area contributed by atoms with Crippen molar-refractivity contribution in [3.05, 3.63) is 35.4 Å². The van der Waals surface area contributed by atoms with Crippen molar-refractivity contribution in [2.75, 3.05) is 11.4 Å². The number of amides is 1. The van der Waals surface area contributed by atoms with E-state index in [0.717, 1.165) is 35.9 Å². The van der Waals surface area contributed by atoms with Crippen molar-refractivity contribution in [2.45, 2.75) is 19.8 Å². The Bertz CT molecular complexity index is 520. The maximum Gasteiger partial charge on any atom is 0.328 e. The molecule has 18 heavy (non-hydrogen) atoms. The van der Waals surface area contributed by atoms with Gasteiger partial charge in [0.15, 0.2) is 0 Å². The number of nitrogens with zero attached hydrogens (tertiary/aromatic N) is 1. The van der Waals surface area contributed by atoms with Crippen LogP contribution in [-0.2, 0) is 9.59 Å². The largest absolute Gasteiger partial charge is 0.478 e. The van der Waals surface area contributed by atoms with Crippen LogP contribution in [0.2, 0.25) is 0 Å². The van der Waals surface area contributed by atoms with Crippen LogP contribution in [0, 0.1) is 6.92 Å². The molecule has 0 radical (unpaired) electrons. The average molecular weight is 245 g/mol. The summed E-state index contributed by atoms with van der Waals surface area (Å²) >= 11 is 0. The molecule has 1 aliphatic heterocycles. The molecular weight excluding hydrogens is 230 g/mol. The summed E-state index contributed by atoms with van der Waals surface area (Å²) in [5, 5.41) is 8.60. The molecule has 1 amide bonds. The zero-order chi connectivity index (χ0) is 13.1. The molecule has 0 atom stereocenters. The fourth-order valence-electron chi connectivity index (χ4n) is 2.09. The Balaban J connectivity index is 2.32. The Labute approximate surface area is 106 Å². The summed E-state index contributed by atoms with van der Waals surface area (Å²) in [5.74, 6) is -0.841. The molecule has 0 unspecified atom stereocenters. The maximum absolute atomic E-state index is 11.7. The monoisotopic (exact) mass is 245 g/mol. The number of aliphatic carboxylic acids is 1. The van der Waals surface area contributed by atoms with E-state index in [1.54, 1.807) is 4.90 Å². The van der Waals surface area contributed by atoms with Crippen molar-refractivity contribution in [3.63, 3.8) is 0 Å². The van der Waals surface area contributed by atoms with Crippen LogP contribution in [0.4, 0.5) is 5.69 Å². The standard InChI is InChI=1S/C14H15NO3/c1-10-4-5-11(6-7-14(17)18)9-12(10)15-8-2-3-13(15)16/h4-7,9H,2-3,8H2,1H3,(H,17,18). The highest BCUT2D eigenvalue weighted by molar-refractivity contribution is 5.96. The van der Waals surface area contributed by atoms with Crippen LogP contribution in [0.25, 0.3) is 6.08 Å². The van der Waals surface area contributed by atoms with Crippen molar-refractivity contribution in [2.24, 2.45) is 0 Å². The minimum atomic E-state index is -0.977. The minimum absolute atomic E-state index is 0.137. The van der Waals surface area contributed by atoms with Gasteiger partial charge < -0.3 is 10.0 Å². The lowest BCUT2D eigenvalue weighted by molar-refractivity contribution is -0.131. The first-order chi connectivity index (χ1) is 8.58. The first-order valence-electron chi connectivity index (χ1n) is 5.90. The Morgan fingerprint density at radius 3 is 2.83 bits per heavy atom. The second-order valence-corrected chi connectivity index (χ2v) is 4.37. The fraction of sp³-hybridized carbons (Fsp3) is 0.286. The van der Waals surface area contributed by atoms with Gasteiger partial charge in [-0.3, -0.25) is 4.79 Å². The molecule has 1 aromatic carbocycles. The molecule has 0 aromatic heterocycles. The molecule has 4 nitrogen and oxygen atoms in total. The highest BCUT2D eigenvalue weighted by atomic mass is 16.4. The topological polar surface area (TPSA) is 57.6 Å². The third-order valence-corrected chi connectivity index (χ3v) is 3.02. The van der Waals surface area contributed by atoms with Crippen LogP contribution in [0.5, 0.6) is 0 Å². The number of hydrogen-bond donors (Lipinski definition) is 1. The van der Waals surface area contributed by atoms with Crippen molar-refractivity contribution in [3.8, 4) is 0 Å². The summed E-state index contributed by atoms with van der Waals surface area (Å²) in [7, 11) is 0. The van der Waals surface area contributed by atoms with Gasteiger partial charge in [0.1, 0.15) is 0 Å². The lowest BCUT2D eigenvalue weighted by atomic mass is 10.1. The molecule has 1 aromatic rings. The van der Waals surface area contributed by atoms with Gasteiger partial charge in [0.2, 0.25) is 5.91 Å². The summed E-state index contributed by atoms with van der Waals surface area (Å²) in [4.78, 5) is 24.0. The van der Waals surface area contributed by atoms with E-state index in [4.69, 9.17) is 5.11 Å². The number of carboxylic acids is 1. The quantitative estimate of drug-likeness (QED) is 0.831. The normalized spacial score (nSPS) is 15.6. The van der Waals surface area contributed by atoms with Gasteiger partial charge in [0.05, 0.1) is 0 Å². The van der Waals surface area contributed by atoms with Crippen LogP contribution < -0.4 is 4.90 Å². The summed E-state index contributed by atoms with van der Waals surface area (Å²) in [6.07, 6.45) is 4.11. The molecule has 0 bridgehead atoms. The Hall–Kier alpha value is -2.10. The molecule has 94 valence electrons. The minimum Gasteiger partial charge on any atom is -0.478 e. The van der Waals surface area contributed by atoms with Crippen LogP contribution in [0.15, 0.2) is 24.3 Å². The molecular formula is C14H15NO3. The van der Waals surface area contributed by atoms with E-state index in [1.807, 2.05) is 25.1 Å². The molecule has 1 saturated heterocycles. The van der Waals surface area contributed by atoms with Gasteiger partial charge >= 0.3 is 5.97 Å².